The number of thioether (sulfide) groups is 1. The van der Waals surface area contributed by atoms with Crippen molar-refractivity contribution in [3.05, 3.63) is 64.6 Å². The third-order valence-electron chi connectivity index (χ3n) is 4.05. The number of amides is 1. The SMILES string of the molecule is Cn1nc(C(=O)Nc2ccc(F)c(Cl)c2)c2c1-c1ccccc1SC2. The van der Waals surface area contributed by atoms with Gasteiger partial charge in [0.1, 0.15) is 5.82 Å². The minimum Gasteiger partial charge on any atom is -0.321 e. The zero-order valence-electron chi connectivity index (χ0n) is 13.2. The molecule has 1 aromatic heterocycles. The van der Waals surface area contributed by atoms with Crippen LogP contribution in [0.15, 0.2) is 47.4 Å². The Hall–Kier alpha value is -2.31. The summed E-state index contributed by atoms with van der Waals surface area (Å²) in [5.74, 6) is -0.185. The standard InChI is InChI=1S/C18H13ClFN3OS/c1-23-17-11-4-2-3-5-15(11)25-9-12(17)16(22-23)18(24)21-10-6-7-14(20)13(19)8-10/h2-8H,9H2,1H3,(H,21,24). The van der Waals surface area contributed by atoms with E-state index in [1.54, 1.807) is 16.4 Å². The van der Waals surface area contributed by atoms with Crippen LogP contribution in [0, 0.1) is 5.82 Å². The highest BCUT2D eigenvalue weighted by Gasteiger charge is 2.27. The van der Waals surface area contributed by atoms with Gasteiger partial charge in [0.2, 0.25) is 0 Å². The highest BCUT2D eigenvalue weighted by molar-refractivity contribution is 7.98. The fourth-order valence-electron chi connectivity index (χ4n) is 2.93. The molecule has 0 unspecified atom stereocenters. The number of aryl methyl sites for hydroxylation is 1. The van der Waals surface area contributed by atoms with Crippen molar-refractivity contribution in [1.82, 2.24) is 9.78 Å². The van der Waals surface area contributed by atoms with E-state index in [-0.39, 0.29) is 10.9 Å². The van der Waals surface area contributed by atoms with E-state index in [9.17, 15) is 9.18 Å². The predicted molar refractivity (Wildman–Crippen MR) is 97.6 cm³/mol. The van der Waals surface area contributed by atoms with Gasteiger partial charge in [0.05, 0.1) is 10.7 Å². The summed E-state index contributed by atoms with van der Waals surface area (Å²) in [4.78, 5) is 13.9. The molecule has 1 amide bonds. The lowest BCUT2D eigenvalue weighted by Gasteiger charge is -2.17. The number of carbonyl (C=O) groups is 1. The molecular formula is C18H13ClFN3OS. The second-order valence-electron chi connectivity index (χ2n) is 5.67. The molecule has 0 atom stereocenters. The molecule has 0 saturated carbocycles. The van der Waals surface area contributed by atoms with E-state index in [1.165, 1.54) is 23.1 Å². The van der Waals surface area contributed by atoms with Crippen molar-refractivity contribution in [3.63, 3.8) is 0 Å². The van der Waals surface area contributed by atoms with Gasteiger partial charge in [-0.05, 0) is 24.3 Å². The molecule has 1 N–H and O–H groups in total. The summed E-state index contributed by atoms with van der Waals surface area (Å²) in [5, 5.41) is 7.11. The zero-order chi connectivity index (χ0) is 17.6. The first-order valence-electron chi connectivity index (χ1n) is 7.59. The van der Waals surface area contributed by atoms with Gasteiger partial charge < -0.3 is 5.32 Å². The molecule has 2 aromatic carbocycles. The first-order valence-corrected chi connectivity index (χ1v) is 8.95. The monoisotopic (exact) mass is 373 g/mol. The van der Waals surface area contributed by atoms with Crippen LogP contribution in [-0.4, -0.2) is 15.7 Å². The number of anilines is 1. The third-order valence-corrected chi connectivity index (χ3v) is 5.44. The number of hydrogen-bond acceptors (Lipinski definition) is 3. The predicted octanol–water partition coefficient (Wildman–Crippen LogP) is 4.74. The van der Waals surface area contributed by atoms with Gasteiger partial charge in [-0.3, -0.25) is 9.48 Å². The van der Waals surface area contributed by atoms with E-state index < -0.39 is 5.82 Å². The Morgan fingerprint density at radius 3 is 2.92 bits per heavy atom. The van der Waals surface area contributed by atoms with Gasteiger partial charge in [0.25, 0.3) is 5.91 Å². The lowest BCUT2D eigenvalue weighted by atomic mass is 10.1. The Kier molecular flexibility index (Phi) is 4.01. The summed E-state index contributed by atoms with van der Waals surface area (Å²) >= 11 is 7.45. The summed E-state index contributed by atoms with van der Waals surface area (Å²) in [7, 11) is 1.83. The molecule has 0 bridgehead atoms. The second kappa shape index (κ2) is 6.20. The summed E-state index contributed by atoms with van der Waals surface area (Å²) in [6.45, 7) is 0. The lowest BCUT2D eigenvalue weighted by molar-refractivity contribution is 0.102. The van der Waals surface area contributed by atoms with Crippen LogP contribution in [0.1, 0.15) is 16.1 Å². The van der Waals surface area contributed by atoms with Crippen molar-refractivity contribution < 1.29 is 9.18 Å². The number of benzene rings is 2. The molecule has 2 heterocycles. The van der Waals surface area contributed by atoms with Crippen LogP contribution < -0.4 is 5.32 Å². The fourth-order valence-corrected chi connectivity index (χ4v) is 4.17. The first-order chi connectivity index (χ1) is 12.0. The van der Waals surface area contributed by atoms with Crippen LogP contribution in [0.4, 0.5) is 10.1 Å². The molecule has 0 fully saturated rings. The van der Waals surface area contributed by atoms with Crippen molar-refractivity contribution in [1.29, 1.82) is 0 Å². The topological polar surface area (TPSA) is 46.9 Å². The molecule has 4 rings (SSSR count). The molecule has 3 aromatic rings. The van der Waals surface area contributed by atoms with Gasteiger partial charge in [-0.15, -0.1) is 11.8 Å². The van der Waals surface area contributed by atoms with Crippen LogP contribution in [0.3, 0.4) is 0 Å². The molecule has 4 nitrogen and oxygen atoms in total. The molecule has 0 radical (unpaired) electrons. The number of nitrogens with zero attached hydrogens (tertiary/aromatic N) is 2. The van der Waals surface area contributed by atoms with Crippen molar-refractivity contribution in [2.24, 2.45) is 7.05 Å². The summed E-state index contributed by atoms with van der Waals surface area (Å²) in [6, 6.07) is 12.1. The molecule has 7 heteroatoms. The largest absolute Gasteiger partial charge is 0.321 e. The number of nitrogens with one attached hydrogen (secondary N) is 1. The molecule has 0 saturated heterocycles. The molecule has 0 aliphatic carbocycles. The van der Waals surface area contributed by atoms with E-state index in [2.05, 4.69) is 16.5 Å². The average Bonchev–Trinajstić information content (AvgIpc) is 2.95. The van der Waals surface area contributed by atoms with Gasteiger partial charge in [-0.1, -0.05) is 29.8 Å². The molecule has 126 valence electrons. The highest BCUT2D eigenvalue weighted by atomic mass is 35.5. The van der Waals surface area contributed by atoms with E-state index in [1.807, 2.05) is 25.2 Å². The second-order valence-corrected chi connectivity index (χ2v) is 7.09. The average molecular weight is 374 g/mol. The third kappa shape index (κ3) is 2.81. The van der Waals surface area contributed by atoms with Crippen LogP contribution in [0.5, 0.6) is 0 Å². The fraction of sp³-hybridized carbons (Fsp3) is 0.111. The van der Waals surface area contributed by atoms with E-state index in [0.717, 1.165) is 16.8 Å². The van der Waals surface area contributed by atoms with Gasteiger partial charge >= 0.3 is 0 Å². The van der Waals surface area contributed by atoms with Crippen LogP contribution in [0.2, 0.25) is 5.02 Å². The first kappa shape index (κ1) is 16.2. The minimum absolute atomic E-state index is 0.0367. The minimum atomic E-state index is -0.525. The van der Waals surface area contributed by atoms with Gasteiger partial charge in [-0.25, -0.2) is 4.39 Å². The molecule has 0 spiro atoms. The van der Waals surface area contributed by atoms with E-state index in [4.69, 9.17) is 11.6 Å². The maximum absolute atomic E-state index is 13.3. The smallest absolute Gasteiger partial charge is 0.276 e. The maximum atomic E-state index is 13.3. The summed E-state index contributed by atoms with van der Waals surface area (Å²) in [6.07, 6.45) is 0. The molecule has 25 heavy (non-hydrogen) atoms. The number of aromatic nitrogens is 2. The van der Waals surface area contributed by atoms with Gasteiger partial charge in [-0.2, -0.15) is 5.10 Å². The number of hydrogen-bond donors (Lipinski definition) is 1. The number of fused-ring (bicyclic) bond motifs is 3. The van der Waals surface area contributed by atoms with Crippen molar-refractivity contribution >= 4 is 35.0 Å². The number of carbonyl (C=O) groups excluding carboxylic acids is 1. The Bertz CT molecular complexity index is 1000. The van der Waals surface area contributed by atoms with E-state index in [0.29, 0.717) is 17.1 Å². The Balaban J connectivity index is 1.71. The van der Waals surface area contributed by atoms with Gasteiger partial charge in [0, 0.05) is 34.5 Å². The van der Waals surface area contributed by atoms with Crippen LogP contribution >= 0.6 is 23.4 Å². The zero-order valence-corrected chi connectivity index (χ0v) is 14.8. The van der Waals surface area contributed by atoms with Crippen molar-refractivity contribution in [2.45, 2.75) is 10.6 Å². The quantitative estimate of drug-likeness (QED) is 0.705. The Labute approximate surface area is 153 Å². The maximum Gasteiger partial charge on any atom is 0.276 e. The summed E-state index contributed by atoms with van der Waals surface area (Å²) in [5.41, 5.74) is 3.74. The number of halogens is 2. The van der Waals surface area contributed by atoms with Gasteiger partial charge in [0.15, 0.2) is 5.69 Å². The Morgan fingerprint density at radius 2 is 2.12 bits per heavy atom. The van der Waals surface area contributed by atoms with E-state index >= 15 is 0 Å². The molecule has 1 aliphatic heterocycles. The van der Waals surface area contributed by atoms with Crippen LogP contribution in [0.25, 0.3) is 11.3 Å². The molecular weight excluding hydrogens is 361 g/mol. The normalized spacial score (nSPS) is 12.4. The highest BCUT2D eigenvalue weighted by Crippen LogP contribution is 2.42. The van der Waals surface area contributed by atoms with Crippen LogP contribution in [-0.2, 0) is 12.8 Å². The van der Waals surface area contributed by atoms with Crippen molar-refractivity contribution in [3.8, 4) is 11.3 Å². The molecule has 1 aliphatic rings. The Morgan fingerprint density at radius 1 is 1.32 bits per heavy atom. The van der Waals surface area contributed by atoms with Crippen molar-refractivity contribution in [2.75, 3.05) is 5.32 Å². The lowest BCUT2D eigenvalue weighted by Crippen LogP contribution is -2.15. The summed E-state index contributed by atoms with van der Waals surface area (Å²) < 4.78 is 15.0. The number of rotatable bonds is 2.